The fraction of sp³-hybridized carbons (Fsp3) is 0.0789. The molecule has 0 bridgehead atoms. The fourth-order valence-electron chi connectivity index (χ4n) is 12.2. The Morgan fingerprint density at radius 2 is 0.425 bits per heavy atom. The number of para-hydroxylation sites is 2. The van der Waals surface area contributed by atoms with Gasteiger partial charge in [-0.2, -0.15) is 0 Å². The maximum atomic E-state index is 2.46. The molecular formula is C76H64Ge2N2. The third-order valence-corrected chi connectivity index (χ3v) is 24.8. The zero-order valence-corrected chi connectivity index (χ0v) is 50.6. The Labute approximate surface area is 477 Å². The van der Waals surface area contributed by atoms with Gasteiger partial charge >= 0.3 is 361 Å². The fourth-order valence-corrected chi connectivity index (χ4v) is 17.1. The summed E-state index contributed by atoms with van der Waals surface area (Å²) in [6, 6.07) is 104. The van der Waals surface area contributed by atoms with E-state index in [4.69, 9.17) is 0 Å². The van der Waals surface area contributed by atoms with Gasteiger partial charge in [0.2, 0.25) is 0 Å². The van der Waals surface area contributed by atoms with E-state index in [2.05, 4.69) is 323 Å². The maximum absolute atomic E-state index is 2.46. The monoisotopic (exact) mass is 1150 g/mol. The molecular weight excluding hydrogens is 1090 g/mol. The van der Waals surface area contributed by atoms with Crippen molar-refractivity contribution in [2.75, 3.05) is 9.80 Å². The zero-order chi connectivity index (χ0) is 54.5. The molecule has 0 saturated heterocycles. The Kier molecular flexibility index (Phi) is 13.4. The molecule has 0 unspecified atom stereocenters. The van der Waals surface area contributed by atoms with E-state index in [1.54, 1.807) is 0 Å². The standard InChI is InChI=1S/C76H64Ge2N2/c1-77(2,3)57-40-48-63(49-41-57)79(59-24-9-7-10-25-59)61-44-36-53(37-45-61)73-65-28-13-17-32-69(65)75(70-33-18-14-29-66(70)73)55-22-21-23-56(52-55)76-71-34-19-15-30-67(71)74(68-31-16-20-35-72(68)76)54-38-46-62(47-39-54)80(60-26-11-8-12-27-60)64-50-42-58(43-51-64)78(4,5)6/h7-52H,1-6H3. The first kappa shape index (κ1) is 51.1. The van der Waals surface area contributed by atoms with E-state index in [1.807, 2.05) is 0 Å². The van der Waals surface area contributed by atoms with Crippen LogP contribution in [0.5, 0.6) is 0 Å². The Morgan fingerprint density at radius 1 is 0.200 bits per heavy atom. The Balaban J connectivity index is 0.907. The summed E-state index contributed by atoms with van der Waals surface area (Å²) >= 11 is -3.99. The van der Waals surface area contributed by atoms with Gasteiger partial charge in [0.25, 0.3) is 0 Å². The van der Waals surface area contributed by atoms with E-state index in [1.165, 1.54) is 96.4 Å². The van der Waals surface area contributed by atoms with Crippen molar-refractivity contribution < 1.29 is 0 Å². The van der Waals surface area contributed by atoms with Crippen LogP contribution >= 0.6 is 0 Å². The molecule has 13 aromatic rings. The first-order chi connectivity index (χ1) is 39.0. The molecule has 2 nitrogen and oxygen atoms in total. The molecule has 13 rings (SSSR count). The van der Waals surface area contributed by atoms with Gasteiger partial charge in [-0.1, -0.05) is 91.0 Å². The van der Waals surface area contributed by atoms with Crippen molar-refractivity contribution in [3.63, 3.8) is 0 Å². The van der Waals surface area contributed by atoms with E-state index < -0.39 is 26.5 Å². The molecule has 0 radical (unpaired) electrons. The number of hydrogen-bond donors (Lipinski definition) is 0. The molecule has 386 valence electrons. The van der Waals surface area contributed by atoms with Crippen LogP contribution in [-0.4, -0.2) is 26.5 Å². The molecule has 0 amide bonds. The van der Waals surface area contributed by atoms with Gasteiger partial charge in [-0.05, 0) is 28.3 Å². The van der Waals surface area contributed by atoms with E-state index in [0.717, 1.165) is 34.1 Å². The second kappa shape index (κ2) is 21.0. The van der Waals surface area contributed by atoms with Crippen LogP contribution < -0.4 is 18.6 Å². The molecule has 0 aliphatic carbocycles. The first-order valence-corrected chi connectivity index (χ1v) is 42.8. The third-order valence-electron chi connectivity index (χ3n) is 16.1. The number of anilines is 6. The van der Waals surface area contributed by atoms with Gasteiger partial charge in [0, 0.05) is 0 Å². The summed E-state index contributed by atoms with van der Waals surface area (Å²) in [5.41, 5.74) is 16.6. The molecule has 4 heteroatoms. The average molecular weight is 1150 g/mol. The van der Waals surface area contributed by atoms with Gasteiger partial charge in [-0.15, -0.1) is 0 Å². The van der Waals surface area contributed by atoms with Crippen molar-refractivity contribution in [1.82, 2.24) is 0 Å². The van der Waals surface area contributed by atoms with Crippen molar-refractivity contribution in [3.8, 4) is 44.5 Å². The predicted molar refractivity (Wildman–Crippen MR) is 354 cm³/mol. The number of rotatable bonds is 12. The summed E-state index contributed by atoms with van der Waals surface area (Å²) in [5.74, 6) is 14.7. The van der Waals surface area contributed by atoms with Crippen LogP contribution in [0.1, 0.15) is 0 Å². The molecule has 0 aliphatic rings. The van der Waals surface area contributed by atoms with E-state index in [9.17, 15) is 0 Å². The van der Waals surface area contributed by atoms with Crippen LogP contribution in [0, 0.1) is 0 Å². The summed E-state index contributed by atoms with van der Waals surface area (Å²) < 4.78 is 3.01. The molecule has 80 heavy (non-hydrogen) atoms. The van der Waals surface area contributed by atoms with Gasteiger partial charge in [0.05, 0.1) is 0 Å². The molecule has 0 heterocycles. The van der Waals surface area contributed by atoms with Crippen LogP contribution in [-0.2, 0) is 0 Å². The van der Waals surface area contributed by atoms with Crippen molar-refractivity contribution in [2.45, 2.75) is 34.5 Å². The second-order valence-electron chi connectivity index (χ2n) is 23.3. The average Bonchev–Trinajstić information content (AvgIpc) is 3.52. The van der Waals surface area contributed by atoms with Crippen molar-refractivity contribution in [3.05, 3.63) is 279 Å². The topological polar surface area (TPSA) is 6.48 Å². The van der Waals surface area contributed by atoms with Crippen LogP contribution in [0.15, 0.2) is 279 Å². The van der Waals surface area contributed by atoms with Crippen molar-refractivity contribution >= 4 is 113 Å². The third kappa shape index (κ3) is 9.50. The summed E-state index contributed by atoms with van der Waals surface area (Å²) in [5, 5.41) is 9.90. The van der Waals surface area contributed by atoms with Crippen LogP contribution in [0.25, 0.3) is 87.6 Å². The van der Waals surface area contributed by atoms with Gasteiger partial charge < -0.3 is 0 Å². The second-order valence-corrected chi connectivity index (χ2v) is 44.6. The molecule has 0 atom stereocenters. The van der Waals surface area contributed by atoms with Gasteiger partial charge in [0.15, 0.2) is 0 Å². The molecule has 0 aromatic heterocycles. The summed E-state index contributed by atoms with van der Waals surface area (Å²) in [7, 11) is 0. The van der Waals surface area contributed by atoms with Gasteiger partial charge in [0.1, 0.15) is 0 Å². The number of fused-ring (bicyclic) bond motifs is 4. The Bertz CT molecular complexity index is 3990. The van der Waals surface area contributed by atoms with E-state index >= 15 is 0 Å². The summed E-state index contributed by atoms with van der Waals surface area (Å²) in [6.07, 6.45) is 0. The van der Waals surface area contributed by atoms with Crippen LogP contribution in [0.4, 0.5) is 34.1 Å². The molecule has 0 fully saturated rings. The number of nitrogens with zero attached hydrogens (tertiary/aromatic N) is 2. The number of hydrogen-bond acceptors (Lipinski definition) is 2. The molecule has 13 aromatic carbocycles. The zero-order valence-electron chi connectivity index (χ0n) is 46.5. The van der Waals surface area contributed by atoms with E-state index in [0.29, 0.717) is 0 Å². The van der Waals surface area contributed by atoms with Gasteiger partial charge in [-0.3, -0.25) is 0 Å². The predicted octanol–water partition coefficient (Wildman–Crippen LogP) is 21.0. The SMILES string of the molecule is [CH3][Ge]([CH3])([CH3])[c]1ccc(N(c2ccccc2)c2ccc(-c3c4ccccc4c(-c4cccc(-c5c6ccccc6c(-c6ccc(N(c7ccccc7)c7cc[c]([Ge]([CH3])([CH3])[CH3])cc7)cc6)c6ccccc56)c4)c4ccccc34)cc2)cc1. The molecule has 0 N–H and O–H groups in total. The summed E-state index contributed by atoms with van der Waals surface area (Å²) in [4.78, 5) is 4.75. The first-order valence-electron chi connectivity index (χ1n) is 28.1. The minimum atomic E-state index is -1.99. The van der Waals surface area contributed by atoms with Crippen LogP contribution in [0.2, 0.25) is 34.5 Å². The van der Waals surface area contributed by atoms with Gasteiger partial charge in [-0.25, -0.2) is 0 Å². The molecule has 0 spiro atoms. The van der Waals surface area contributed by atoms with Crippen LogP contribution in [0.3, 0.4) is 0 Å². The van der Waals surface area contributed by atoms with E-state index in [-0.39, 0.29) is 0 Å². The quantitative estimate of drug-likeness (QED) is 0.0889. The normalized spacial score (nSPS) is 11.9. The van der Waals surface area contributed by atoms with Crippen molar-refractivity contribution in [1.29, 1.82) is 0 Å². The Hall–Kier alpha value is -8.41. The Morgan fingerprint density at radius 3 is 0.688 bits per heavy atom. The van der Waals surface area contributed by atoms with Crippen molar-refractivity contribution in [2.24, 2.45) is 0 Å². The molecule has 0 aliphatic heterocycles. The minimum absolute atomic E-state index is 1.13. The summed E-state index contributed by atoms with van der Waals surface area (Å²) in [6.45, 7) is 0. The molecule has 0 saturated carbocycles. The number of benzene rings is 13.